The summed E-state index contributed by atoms with van der Waals surface area (Å²) in [5, 5.41) is 1.47. The first-order valence-electron chi connectivity index (χ1n) is 4.66. The third kappa shape index (κ3) is 3.11. The molecule has 0 aliphatic carbocycles. The Bertz CT molecular complexity index is 446. The molecular formula is C9H8F5N3O. The molecule has 0 bridgehead atoms. The highest BCUT2D eigenvalue weighted by Crippen LogP contribution is 2.35. The summed E-state index contributed by atoms with van der Waals surface area (Å²) in [4.78, 5) is 18.2. The Morgan fingerprint density at radius 3 is 2.44 bits per heavy atom. The minimum Gasteiger partial charge on any atom is -0.345 e. The van der Waals surface area contributed by atoms with Gasteiger partial charge in [-0.2, -0.15) is 22.0 Å². The number of aromatic nitrogens is 2. The number of nitrogens with zero attached hydrogens (tertiary/aromatic N) is 2. The van der Waals surface area contributed by atoms with Crippen LogP contribution in [-0.4, -0.2) is 28.0 Å². The van der Waals surface area contributed by atoms with E-state index in [0.29, 0.717) is 5.82 Å². The van der Waals surface area contributed by atoms with Gasteiger partial charge < -0.3 is 5.32 Å². The van der Waals surface area contributed by atoms with Crippen molar-refractivity contribution in [3.05, 3.63) is 23.8 Å². The Hall–Kier alpha value is -1.80. The van der Waals surface area contributed by atoms with E-state index in [0.717, 1.165) is 0 Å². The van der Waals surface area contributed by atoms with Crippen molar-refractivity contribution in [2.24, 2.45) is 0 Å². The molecule has 0 fully saturated rings. The molecule has 4 nitrogen and oxygen atoms in total. The molecule has 1 rings (SSSR count). The van der Waals surface area contributed by atoms with E-state index < -0.39 is 24.6 Å². The Kier molecular flexibility index (Phi) is 3.82. The molecule has 0 saturated carbocycles. The van der Waals surface area contributed by atoms with Crippen molar-refractivity contribution in [3.8, 4) is 0 Å². The number of carbonyl (C=O) groups excluding carboxylic acids is 1. The first-order chi connectivity index (χ1) is 8.14. The molecular weight excluding hydrogens is 261 g/mol. The number of nitrogens with one attached hydrogen (secondary N) is 1. The van der Waals surface area contributed by atoms with Gasteiger partial charge in [-0.25, -0.2) is 9.97 Å². The van der Waals surface area contributed by atoms with Crippen molar-refractivity contribution >= 4 is 5.91 Å². The molecule has 18 heavy (non-hydrogen) atoms. The van der Waals surface area contributed by atoms with Crippen molar-refractivity contribution in [3.63, 3.8) is 0 Å². The summed E-state index contributed by atoms with van der Waals surface area (Å²) in [6.07, 6.45) is -4.62. The van der Waals surface area contributed by atoms with Gasteiger partial charge in [0, 0.05) is 6.20 Å². The lowest BCUT2D eigenvalue weighted by Gasteiger charge is -2.18. The monoisotopic (exact) mass is 269 g/mol. The summed E-state index contributed by atoms with van der Waals surface area (Å²) in [5.41, 5.74) is 0.133. The number of halogens is 5. The van der Waals surface area contributed by atoms with Crippen molar-refractivity contribution in [1.29, 1.82) is 0 Å². The van der Waals surface area contributed by atoms with E-state index in [1.54, 1.807) is 0 Å². The molecule has 1 N–H and O–H groups in total. The molecule has 0 aromatic carbocycles. The van der Waals surface area contributed by atoms with Crippen LogP contribution in [0.2, 0.25) is 0 Å². The summed E-state index contributed by atoms with van der Waals surface area (Å²) in [7, 11) is 0. The molecule has 1 aromatic rings. The van der Waals surface area contributed by atoms with Crippen LogP contribution in [-0.2, 0) is 11.3 Å². The van der Waals surface area contributed by atoms with Gasteiger partial charge in [-0.05, 0) is 13.0 Å². The average molecular weight is 269 g/mol. The van der Waals surface area contributed by atoms with Crippen LogP contribution in [0.5, 0.6) is 0 Å². The third-order valence-corrected chi connectivity index (χ3v) is 1.90. The second-order valence-electron chi connectivity index (χ2n) is 3.35. The zero-order valence-electron chi connectivity index (χ0n) is 9.05. The van der Waals surface area contributed by atoms with Crippen LogP contribution in [0.4, 0.5) is 22.0 Å². The summed E-state index contributed by atoms with van der Waals surface area (Å²) >= 11 is 0. The number of alkyl halides is 5. The van der Waals surface area contributed by atoms with Crippen LogP contribution >= 0.6 is 0 Å². The number of amides is 1. The fourth-order valence-electron chi connectivity index (χ4n) is 1.01. The predicted octanol–water partition coefficient (Wildman–Crippen LogP) is 1.60. The van der Waals surface area contributed by atoms with Crippen molar-refractivity contribution in [2.45, 2.75) is 25.6 Å². The number of carbonyl (C=O) groups is 1. The van der Waals surface area contributed by atoms with E-state index in [1.807, 2.05) is 0 Å². The van der Waals surface area contributed by atoms with E-state index in [4.69, 9.17) is 0 Å². The minimum absolute atomic E-state index is 0.133. The summed E-state index contributed by atoms with van der Waals surface area (Å²) in [5.74, 6) is -7.52. The van der Waals surface area contributed by atoms with E-state index in [-0.39, 0.29) is 5.69 Å². The second kappa shape index (κ2) is 4.83. The lowest BCUT2D eigenvalue weighted by molar-refractivity contribution is -0.269. The van der Waals surface area contributed by atoms with Crippen molar-refractivity contribution in [2.75, 3.05) is 0 Å². The molecule has 100 valence electrons. The lowest BCUT2D eigenvalue weighted by Crippen LogP contribution is -2.50. The number of hydrogen-bond donors (Lipinski definition) is 1. The van der Waals surface area contributed by atoms with Crippen LogP contribution in [0.25, 0.3) is 0 Å². The van der Waals surface area contributed by atoms with Crippen LogP contribution in [0.1, 0.15) is 11.5 Å². The maximum atomic E-state index is 12.5. The van der Waals surface area contributed by atoms with Crippen LogP contribution < -0.4 is 5.32 Å². The minimum atomic E-state index is -5.92. The molecule has 1 amide bonds. The highest BCUT2D eigenvalue weighted by molar-refractivity contribution is 5.84. The second-order valence-corrected chi connectivity index (χ2v) is 3.35. The fourth-order valence-corrected chi connectivity index (χ4v) is 1.01. The van der Waals surface area contributed by atoms with E-state index in [9.17, 15) is 26.7 Å². The van der Waals surface area contributed by atoms with E-state index in [1.165, 1.54) is 24.5 Å². The third-order valence-electron chi connectivity index (χ3n) is 1.90. The molecule has 9 heteroatoms. The van der Waals surface area contributed by atoms with Gasteiger partial charge in [0.1, 0.15) is 5.82 Å². The van der Waals surface area contributed by atoms with Crippen LogP contribution in [0, 0.1) is 6.92 Å². The quantitative estimate of drug-likeness (QED) is 0.848. The largest absolute Gasteiger partial charge is 0.463 e. The Morgan fingerprint density at radius 1 is 1.33 bits per heavy atom. The van der Waals surface area contributed by atoms with Crippen LogP contribution in [0.15, 0.2) is 12.3 Å². The maximum absolute atomic E-state index is 12.5. The molecule has 0 saturated heterocycles. The lowest BCUT2D eigenvalue weighted by atomic mass is 10.3. The summed E-state index contributed by atoms with van der Waals surface area (Å²) < 4.78 is 60.6. The van der Waals surface area contributed by atoms with Crippen LogP contribution in [0.3, 0.4) is 0 Å². The Morgan fingerprint density at radius 2 is 1.94 bits per heavy atom. The molecule has 0 aliphatic heterocycles. The van der Waals surface area contributed by atoms with Gasteiger partial charge >= 0.3 is 18.0 Å². The molecule has 0 radical (unpaired) electrons. The normalized spacial score (nSPS) is 12.3. The fraction of sp³-hybridized carbons (Fsp3) is 0.444. The number of hydrogen-bond acceptors (Lipinski definition) is 3. The highest BCUT2D eigenvalue weighted by Gasteiger charge is 2.63. The van der Waals surface area contributed by atoms with Gasteiger partial charge in [0.2, 0.25) is 0 Å². The topological polar surface area (TPSA) is 54.9 Å². The maximum Gasteiger partial charge on any atom is 0.463 e. The van der Waals surface area contributed by atoms with Gasteiger partial charge in [-0.1, -0.05) is 0 Å². The van der Waals surface area contributed by atoms with E-state index in [2.05, 4.69) is 9.97 Å². The van der Waals surface area contributed by atoms with Gasteiger partial charge in [-0.15, -0.1) is 0 Å². The SMILES string of the molecule is Cc1nccc(CNC(=O)C(F)(F)C(F)(F)F)n1. The molecule has 1 heterocycles. The van der Waals surface area contributed by atoms with Crippen molar-refractivity contribution in [1.82, 2.24) is 15.3 Å². The first kappa shape index (κ1) is 14.3. The van der Waals surface area contributed by atoms with Gasteiger partial charge in [0.25, 0.3) is 0 Å². The van der Waals surface area contributed by atoms with Gasteiger partial charge in [0.15, 0.2) is 0 Å². The average Bonchev–Trinajstić information content (AvgIpc) is 2.24. The molecule has 0 aliphatic rings. The smallest absolute Gasteiger partial charge is 0.345 e. The van der Waals surface area contributed by atoms with Crippen molar-refractivity contribution < 1.29 is 26.7 Å². The summed E-state index contributed by atoms with van der Waals surface area (Å²) in [6.45, 7) is 0.976. The summed E-state index contributed by atoms with van der Waals surface area (Å²) in [6, 6.07) is 1.29. The van der Waals surface area contributed by atoms with Gasteiger partial charge in [0.05, 0.1) is 12.2 Å². The first-order valence-corrected chi connectivity index (χ1v) is 4.66. The standard InChI is InChI=1S/C9H8F5N3O/c1-5-15-3-2-6(17-5)4-16-7(18)8(10,11)9(12,13)14/h2-3H,4H2,1H3,(H,16,18). The molecule has 0 unspecified atom stereocenters. The zero-order valence-corrected chi connectivity index (χ0v) is 9.05. The predicted molar refractivity (Wildman–Crippen MR) is 49.6 cm³/mol. The zero-order chi connectivity index (χ0) is 14.0. The number of rotatable bonds is 3. The molecule has 0 atom stereocenters. The molecule has 0 spiro atoms. The highest BCUT2D eigenvalue weighted by atomic mass is 19.4. The Balaban J connectivity index is 2.67. The number of aryl methyl sites for hydroxylation is 1. The molecule has 1 aromatic heterocycles. The van der Waals surface area contributed by atoms with E-state index >= 15 is 0 Å². The Labute approximate surface area is 98.2 Å². The van der Waals surface area contributed by atoms with Gasteiger partial charge in [-0.3, -0.25) is 4.79 Å².